The molecule has 1 aromatic rings. The van der Waals surface area contributed by atoms with Crippen molar-refractivity contribution in [3.63, 3.8) is 0 Å². The third-order valence-corrected chi connectivity index (χ3v) is 4.89. The van der Waals surface area contributed by atoms with E-state index in [1.807, 2.05) is 0 Å². The van der Waals surface area contributed by atoms with Gasteiger partial charge in [0, 0.05) is 25.9 Å². The lowest BCUT2D eigenvalue weighted by atomic mass is 9.87. The van der Waals surface area contributed by atoms with E-state index in [-0.39, 0.29) is 17.5 Å². The minimum absolute atomic E-state index is 0.0296. The van der Waals surface area contributed by atoms with Crippen molar-refractivity contribution in [3.05, 3.63) is 12.4 Å². The zero-order valence-corrected chi connectivity index (χ0v) is 11.2. The molecular weight excluding hydrogens is 254 g/mol. The first-order valence-corrected chi connectivity index (χ1v) is 7.61. The molecule has 7 heteroatoms. The summed E-state index contributed by atoms with van der Waals surface area (Å²) in [6, 6.07) is -0.0296. The summed E-state index contributed by atoms with van der Waals surface area (Å²) in [5.74, 6) is 0.323. The van der Waals surface area contributed by atoms with Crippen LogP contribution in [0.25, 0.3) is 0 Å². The van der Waals surface area contributed by atoms with Gasteiger partial charge in [-0.2, -0.15) is 5.10 Å². The lowest BCUT2D eigenvalue weighted by Crippen LogP contribution is -2.37. The first-order valence-electron chi connectivity index (χ1n) is 6.13. The van der Waals surface area contributed by atoms with Crippen LogP contribution in [0.4, 0.5) is 0 Å². The molecule has 1 aliphatic rings. The second-order valence-corrected chi connectivity index (χ2v) is 6.59. The van der Waals surface area contributed by atoms with Crippen LogP contribution in [0.1, 0.15) is 25.7 Å². The second kappa shape index (κ2) is 5.38. The molecule has 2 rings (SSSR count). The van der Waals surface area contributed by atoms with E-state index in [0.29, 0.717) is 5.92 Å². The Hall–Kier alpha value is -0.920. The van der Waals surface area contributed by atoms with Gasteiger partial charge in [-0.15, -0.1) is 0 Å². The maximum Gasteiger partial charge on any atom is 0.243 e. The number of hydrogen-bond acceptors (Lipinski definition) is 4. The molecule has 1 aliphatic carbocycles. The maximum atomic E-state index is 12.1. The van der Waals surface area contributed by atoms with Crippen LogP contribution in [0.15, 0.2) is 17.3 Å². The first kappa shape index (κ1) is 13.5. The van der Waals surface area contributed by atoms with Gasteiger partial charge in [0.2, 0.25) is 10.0 Å². The van der Waals surface area contributed by atoms with Crippen LogP contribution in [0.3, 0.4) is 0 Å². The lowest BCUT2D eigenvalue weighted by Gasteiger charge is -2.27. The number of sulfonamides is 1. The van der Waals surface area contributed by atoms with Crippen molar-refractivity contribution < 1.29 is 13.5 Å². The molecule has 0 spiro atoms. The standard InChI is InChI=1S/C11H19N3O3S/c1-14-7-11(6-12-14)18(16,17)13-10-4-2-9(8-15)3-5-10/h6-7,9-10,13,15H,2-5,8H2,1H3. The first-order chi connectivity index (χ1) is 8.51. The molecule has 0 aliphatic heterocycles. The second-order valence-electron chi connectivity index (χ2n) is 4.87. The van der Waals surface area contributed by atoms with Gasteiger partial charge in [0.05, 0.1) is 6.20 Å². The lowest BCUT2D eigenvalue weighted by molar-refractivity contribution is 0.180. The smallest absolute Gasteiger partial charge is 0.243 e. The minimum Gasteiger partial charge on any atom is -0.396 e. The number of hydrogen-bond donors (Lipinski definition) is 2. The molecule has 0 amide bonds. The van der Waals surface area contributed by atoms with E-state index in [1.165, 1.54) is 17.1 Å². The summed E-state index contributed by atoms with van der Waals surface area (Å²) in [4.78, 5) is 0.203. The zero-order valence-electron chi connectivity index (χ0n) is 10.4. The van der Waals surface area contributed by atoms with Crippen molar-refractivity contribution in [1.82, 2.24) is 14.5 Å². The predicted molar refractivity (Wildman–Crippen MR) is 66.4 cm³/mol. The van der Waals surface area contributed by atoms with E-state index >= 15 is 0 Å². The van der Waals surface area contributed by atoms with E-state index in [1.54, 1.807) is 7.05 Å². The SMILES string of the molecule is Cn1cc(S(=O)(=O)NC2CCC(CO)CC2)cn1. The largest absolute Gasteiger partial charge is 0.396 e. The van der Waals surface area contributed by atoms with Gasteiger partial charge < -0.3 is 5.11 Å². The number of aromatic nitrogens is 2. The summed E-state index contributed by atoms with van der Waals surface area (Å²) in [5, 5.41) is 12.9. The highest BCUT2D eigenvalue weighted by Gasteiger charge is 2.25. The monoisotopic (exact) mass is 273 g/mol. The Labute approximate surface area is 107 Å². The molecular formula is C11H19N3O3S. The highest BCUT2D eigenvalue weighted by Crippen LogP contribution is 2.24. The van der Waals surface area contributed by atoms with Gasteiger partial charge in [-0.1, -0.05) is 0 Å². The van der Waals surface area contributed by atoms with Crippen LogP contribution in [0, 0.1) is 5.92 Å². The van der Waals surface area contributed by atoms with Crippen molar-refractivity contribution in [2.24, 2.45) is 13.0 Å². The molecule has 18 heavy (non-hydrogen) atoms. The topological polar surface area (TPSA) is 84.2 Å². The van der Waals surface area contributed by atoms with Gasteiger partial charge in [-0.05, 0) is 31.6 Å². The van der Waals surface area contributed by atoms with E-state index in [4.69, 9.17) is 5.11 Å². The quantitative estimate of drug-likeness (QED) is 0.823. The van der Waals surface area contributed by atoms with Crippen LogP contribution < -0.4 is 4.72 Å². The zero-order chi connectivity index (χ0) is 13.2. The van der Waals surface area contributed by atoms with E-state index in [9.17, 15) is 8.42 Å². The van der Waals surface area contributed by atoms with Gasteiger partial charge in [0.1, 0.15) is 4.90 Å². The van der Waals surface area contributed by atoms with Crippen LogP contribution >= 0.6 is 0 Å². The van der Waals surface area contributed by atoms with Crippen LogP contribution in [0.2, 0.25) is 0 Å². The molecule has 1 saturated carbocycles. The van der Waals surface area contributed by atoms with Crippen LogP contribution in [-0.2, 0) is 17.1 Å². The molecule has 6 nitrogen and oxygen atoms in total. The Morgan fingerprint density at radius 3 is 2.61 bits per heavy atom. The Kier molecular flexibility index (Phi) is 4.04. The average Bonchev–Trinajstić information content (AvgIpc) is 2.77. The number of nitrogens with zero attached hydrogens (tertiary/aromatic N) is 2. The summed E-state index contributed by atoms with van der Waals surface area (Å²) in [7, 11) is -1.77. The van der Waals surface area contributed by atoms with Gasteiger partial charge in [-0.3, -0.25) is 4.68 Å². The number of aryl methyl sites for hydroxylation is 1. The molecule has 0 saturated heterocycles. The Morgan fingerprint density at radius 1 is 1.44 bits per heavy atom. The molecule has 1 fully saturated rings. The summed E-state index contributed by atoms with van der Waals surface area (Å²) >= 11 is 0. The maximum absolute atomic E-state index is 12.1. The minimum atomic E-state index is -3.46. The normalized spacial score (nSPS) is 25.2. The fraction of sp³-hybridized carbons (Fsp3) is 0.727. The Balaban J connectivity index is 1.97. The number of nitrogens with one attached hydrogen (secondary N) is 1. The molecule has 0 unspecified atom stereocenters. The molecule has 1 heterocycles. The van der Waals surface area contributed by atoms with E-state index in [0.717, 1.165) is 25.7 Å². The van der Waals surface area contributed by atoms with Crippen molar-refractivity contribution >= 4 is 10.0 Å². The summed E-state index contributed by atoms with van der Waals surface area (Å²) in [6.07, 6.45) is 6.15. The van der Waals surface area contributed by atoms with Gasteiger partial charge in [0.15, 0.2) is 0 Å². The Bertz CT molecular complexity index is 489. The predicted octanol–water partition coefficient (Wildman–Crippen LogP) is 0.249. The number of rotatable bonds is 4. The van der Waals surface area contributed by atoms with Crippen LogP contribution in [-0.4, -0.2) is 36.0 Å². The summed E-state index contributed by atoms with van der Waals surface area (Å²) < 4.78 is 28.3. The Morgan fingerprint density at radius 2 is 2.11 bits per heavy atom. The number of aliphatic hydroxyl groups is 1. The molecule has 0 atom stereocenters. The number of aliphatic hydroxyl groups excluding tert-OH is 1. The fourth-order valence-corrected chi connectivity index (χ4v) is 3.58. The van der Waals surface area contributed by atoms with Gasteiger partial charge >= 0.3 is 0 Å². The molecule has 0 aromatic carbocycles. The molecule has 0 bridgehead atoms. The van der Waals surface area contributed by atoms with E-state index in [2.05, 4.69) is 9.82 Å². The summed E-state index contributed by atoms with van der Waals surface area (Å²) in [6.45, 7) is 0.197. The molecule has 0 radical (unpaired) electrons. The molecule has 2 N–H and O–H groups in total. The molecule has 1 aromatic heterocycles. The third kappa shape index (κ3) is 3.09. The van der Waals surface area contributed by atoms with Crippen molar-refractivity contribution in [1.29, 1.82) is 0 Å². The fourth-order valence-electron chi connectivity index (χ4n) is 2.29. The van der Waals surface area contributed by atoms with Crippen molar-refractivity contribution in [2.75, 3.05) is 6.61 Å². The van der Waals surface area contributed by atoms with E-state index < -0.39 is 10.0 Å². The summed E-state index contributed by atoms with van der Waals surface area (Å²) in [5.41, 5.74) is 0. The average molecular weight is 273 g/mol. The van der Waals surface area contributed by atoms with Crippen molar-refractivity contribution in [3.8, 4) is 0 Å². The highest BCUT2D eigenvalue weighted by molar-refractivity contribution is 7.89. The molecule has 102 valence electrons. The highest BCUT2D eigenvalue weighted by atomic mass is 32.2. The van der Waals surface area contributed by atoms with Crippen LogP contribution in [0.5, 0.6) is 0 Å². The third-order valence-electron chi connectivity index (χ3n) is 3.42. The van der Waals surface area contributed by atoms with Gasteiger partial charge in [0.25, 0.3) is 0 Å². The van der Waals surface area contributed by atoms with Crippen molar-refractivity contribution in [2.45, 2.75) is 36.6 Å². The van der Waals surface area contributed by atoms with Gasteiger partial charge in [-0.25, -0.2) is 13.1 Å².